The molecule has 1 aromatic carbocycles. The highest BCUT2D eigenvalue weighted by atomic mass is 16.5. The fourth-order valence-corrected chi connectivity index (χ4v) is 3.04. The molecule has 0 spiro atoms. The Balaban J connectivity index is 1.72. The van der Waals surface area contributed by atoms with Gasteiger partial charge in [0.25, 0.3) is 0 Å². The molecule has 0 N–H and O–H groups in total. The first-order valence-corrected chi connectivity index (χ1v) is 8.27. The summed E-state index contributed by atoms with van der Waals surface area (Å²) in [6.45, 7) is 6.27. The second kappa shape index (κ2) is 5.74. The van der Waals surface area contributed by atoms with Crippen LogP contribution in [0.15, 0.2) is 43.0 Å². The quantitative estimate of drug-likeness (QED) is 0.737. The fraction of sp³-hybridized carbons (Fsp3) is 0.316. The van der Waals surface area contributed by atoms with Gasteiger partial charge in [0.2, 0.25) is 0 Å². The molecule has 0 radical (unpaired) electrons. The first-order valence-electron chi connectivity index (χ1n) is 8.27. The molecule has 0 aliphatic carbocycles. The number of nitrogens with zero attached hydrogens (tertiary/aromatic N) is 4. The monoisotopic (exact) mass is 320 g/mol. The third-order valence-corrected chi connectivity index (χ3v) is 4.24. The van der Waals surface area contributed by atoms with Crippen molar-refractivity contribution in [2.45, 2.75) is 39.2 Å². The minimum Gasteiger partial charge on any atom is -0.490 e. The van der Waals surface area contributed by atoms with E-state index in [1.165, 1.54) is 5.56 Å². The number of aromatic nitrogens is 4. The molecule has 5 nitrogen and oxygen atoms in total. The van der Waals surface area contributed by atoms with E-state index in [-0.39, 0.29) is 6.10 Å². The Labute approximate surface area is 141 Å². The summed E-state index contributed by atoms with van der Waals surface area (Å²) in [5, 5.41) is 0. The van der Waals surface area contributed by atoms with E-state index < -0.39 is 0 Å². The SMILES string of the molecule is CC1Cc2cc(-n3ccnc3-c3cnc(C(C)C)nc3)ccc2O1. The molecule has 0 amide bonds. The van der Waals surface area contributed by atoms with Crippen molar-refractivity contribution in [2.75, 3.05) is 0 Å². The van der Waals surface area contributed by atoms with Gasteiger partial charge >= 0.3 is 0 Å². The average Bonchev–Trinajstić information content (AvgIpc) is 3.19. The van der Waals surface area contributed by atoms with Gasteiger partial charge in [0, 0.05) is 42.8 Å². The van der Waals surface area contributed by atoms with E-state index in [2.05, 4.69) is 52.4 Å². The van der Waals surface area contributed by atoms with E-state index in [0.717, 1.165) is 35.1 Å². The molecular weight excluding hydrogens is 300 g/mol. The third-order valence-electron chi connectivity index (χ3n) is 4.24. The Bertz CT molecular complexity index is 867. The van der Waals surface area contributed by atoms with Crippen molar-refractivity contribution in [2.24, 2.45) is 0 Å². The van der Waals surface area contributed by atoms with Crippen LogP contribution in [0, 0.1) is 0 Å². The van der Waals surface area contributed by atoms with Gasteiger partial charge in [-0.05, 0) is 30.7 Å². The van der Waals surface area contributed by atoms with Crippen LogP contribution in [0.4, 0.5) is 0 Å². The zero-order chi connectivity index (χ0) is 16.7. The van der Waals surface area contributed by atoms with Gasteiger partial charge in [-0.1, -0.05) is 13.8 Å². The molecule has 3 heterocycles. The Morgan fingerprint density at radius 3 is 2.71 bits per heavy atom. The first-order chi connectivity index (χ1) is 11.6. The number of imidazole rings is 1. The van der Waals surface area contributed by atoms with Gasteiger partial charge in [-0.3, -0.25) is 4.57 Å². The summed E-state index contributed by atoms with van der Waals surface area (Å²) in [4.78, 5) is 13.4. The zero-order valence-corrected chi connectivity index (χ0v) is 14.1. The van der Waals surface area contributed by atoms with Crippen molar-refractivity contribution >= 4 is 0 Å². The number of benzene rings is 1. The van der Waals surface area contributed by atoms with Gasteiger partial charge in [0.05, 0.1) is 5.56 Å². The smallest absolute Gasteiger partial charge is 0.147 e. The van der Waals surface area contributed by atoms with Gasteiger partial charge in [0.1, 0.15) is 23.5 Å². The average molecular weight is 320 g/mol. The summed E-state index contributed by atoms with van der Waals surface area (Å²) >= 11 is 0. The lowest BCUT2D eigenvalue weighted by Gasteiger charge is -2.10. The molecule has 4 rings (SSSR count). The Kier molecular flexibility index (Phi) is 3.56. The maximum atomic E-state index is 5.78. The lowest BCUT2D eigenvalue weighted by molar-refractivity contribution is 0.254. The molecule has 2 aromatic heterocycles. The van der Waals surface area contributed by atoms with Crippen molar-refractivity contribution in [1.82, 2.24) is 19.5 Å². The van der Waals surface area contributed by atoms with Crippen molar-refractivity contribution in [1.29, 1.82) is 0 Å². The molecule has 0 fully saturated rings. The van der Waals surface area contributed by atoms with E-state index in [1.807, 2.05) is 24.7 Å². The summed E-state index contributed by atoms with van der Waals surface area (Å²) in [5.74, 6) is 2.99. The first kappa shape index (κ1) is 14.9. The molecule has 1 aliphatic heterocycles. The minimum atomic E-state index is 0.245. The molecule has 0 bridgehead atoms. The lowest BCUT2D eigenvalue weighted by Crippen LogP contribution is -2.05. The highest BCUT2D eigenvalue weighted by Gasteiger charge is 2.20. The van der Waals surface area contributed by atoms with Gasteiger partial charge in [-0.25, -0.2) is 15.0 Å². The predicted octanol–water partition coefficient (Wildman–Crippen LogP) is 3.78. The molecule has 1 atom stereocenters. The highest BCUT2D eigenvalue weighted by Crippen LogP contribution is 2.31. The molecule has 0 saturated carbocycles. The standard InChI is InChI=1S/C19H20N4O/c1-12(2)18-21-10-15(11-22-18)19-20-6-7-23(19)16-4-5-17-14(9-16)8-13(3)24-17/h4-7,9-13H,8H2,1-3H3. The lowest BCUT2D eigenvalue weighted by atomic mass is 10.1. The normalized spacial score (nSPS) is 16.2. The number of hydrogen-bond donors (Lipinski definition) is 0. The van der Waals surface area contributed by atoms with Crippen molar-refractivity contribution < 1.29 is 4.74 Å². The number of hydrogen-bond acceptors (Lipinski definition) is 4. The van der Waals surface area contributed by atoms with Gasteiger partial charge < -0.3 is 4.74 Å². The van der Waals surface area contributed by atoms with E-state index in [1.54, 1.807) is 6.20 Å². The van der Waals surface area contributed by atoms with Crippen LogP contribution in [0.25, 0.3) is 17.1 Å². The molecule has 5 heteroatoms. The summed E-state index contributed by atoms with van der Waals surface area (Å²) in [6.07, 6.45) is 8.65. The second-order valence-corrected chi connectivity index (χ2v) is 6.53. The summed E-state index contributed by atoms with van der Waals surface area (Å²) in [6, 6.07) is 6.27. The minimum absolute atomic E-state index is 0.245. The second-order valence-electron chi connectivity index (χ2n) is 6.53. The summed E-state index contributed by atoms with van der Waals surface area (Å²) in [5.41, 5.74) is 3.23. The zero-order valence-electron chi connectivity index (χ0n) is 14.1. The Morgan fingerprint density at radius 1 is 1.17 bits per heavy atom. The molecule has 122 valence electrons. The summed E-state index contributed by atoms with van der Waals surface area (Å²) in [7, 11) is 0. The molecular formula is C19H20N4O. The molecule has 24 heavy (non-hydrogen) atoms. The van der Waals surface area contributed by atoms with Crippen LogP contribution in [0.2, 0.25) is 0 Å². The summed E-state index contributed by atoms with van der Waals surface area (Å²) < 4.78 is 7.85. The Morgan fingerprint density at radius 2 is 1.96 bits per heavy atom. The number of rotatable bonds is 3. The molecule has 0 saturated heterocycles. The van der Waals surface area contributed by atoms with Crippen molar-refractivity contribution in [3.8, 4) is 22.8 Å². The molecule has 1 unspecified atom stereocenters. The van der Waals surface area contributed by atoms with Gasteiger partial charge in [-0.2, -0.15) is 0 Å². The third kappa shape index (κ3) is 2.56. The van der Waals surface area contributed by atoms with Crippen LogP contribution in [0.5, 0.6) is 5.75 Å². The number of fused-ring (bicyclic) bond motifs is 1. The van der Waals surface area contributed by atoms with E-state index in [0.29, 0.717) is 5.92 Å². The van der Waals surface area contributed by atoms with Crippen molar-refractivity contribution in [3.05, 3.63) is 54.4 Å². The maximum absolute atomic E-state index is 5.78. The maximum Gasteiger partial charge on any atom is 0.147 e. The van der Waals surface area contributed by atoms with E-state index in [4.69, 9.17) is 4.74 Å². The van der Waals surface area contributed by atoms with Crippen LogP contribution in [0.3, 0.4) is 0 Å². The van der Waals surface area contributed by atoms with Crippen LogP contribution >= 0.6 is 0 Å². The van der Waals surface area contributed by atoms with Crippen LogP contribution < -0.4 is 4.74 Å². The largest absolute Gasteiger partial charge is 0.490 e. The number of ether oxygens (including phenoxy) is 1. The van der Waals surface area contributed by atoms with Crippen molar-refractivity contribution in [3.63, 3.8) is 0 Å². The highest BCUT2D eigenvalue weighted by molar-refractivity contribution is 5.58. The fourth-order valence-electron chi connectivity index (χ4n) is 3.04. The van der Waals surface area contributed by atoms with Crippen LogP contribution in [-0.2, 0) is 6.42 Å². The van der Waals surface area contributed by atoms with Gasteiger partial charge in [0.15, 0.2) is 0 Å². The van der Waals surface area contributed by atoms with Gasteiger partial charge in [-0.15, -0.1) is 0 Å². The Hall–Kier alpha value is -2.69. The topological polar surface area (TPSA) is 52.8 Å². The predicted molar refractivity (Wildman–Crippen MR) is 92.5 cm³/mol. The van der Waals surface area contributed by atoms with Crippen LogP contribution in [-0.4, -0.2) is 25.6 Å². The van der Waals surface area contributed by atoms with Crippen LogP contribution in [0.1, 0.15) is 38.1 Å². The van der Waals surface area contributed by atoms with E-state index in [9.17, 15) is 0 Å². The molecule has 1 aliphatic rings. The molecule has 3 aromatic rings. The van der Waals surface area contributed by atoms with E-state index >= 15 is 0 Å².